The van der Waals surface area contributed by atoms with E-state index in [1.807, 2.05) is 13.0 Å². The number of aryl methyl sites for hydroxylation is 1. The van der Waals surface area contributed by atoms with Crippen LogP contribution in [0.3, 0.4) is 0 Å². The third-order valence-electron chi connectivity index (χ3n) is 1.82. The minimum Gasteiger partial charge on any atom is -0.461 e. The van der Waals surface area contributed by atoms with Gasteiger partial charge in [-0.3, -0.25) is 0 Å². The van der Waals surface area contributed by atoms with Crippen LogP contribution < -0.4 is 5.73 Å². The van der Waals surface area contributed by atoms with Crippen molar-refractivity contribution in [2.24, 2.45) is 0 Å². The van der Waals surface area contributed by atoms with Crippen LogP contribution in [0.5, 0.6) is 0 Å². The molecule has 0 atom stereocenters. The summed E-state index contributed by atoms with van der Waals surface area (Å²) in [5, 5.41) is 8.28. The molecular formula is C10H12N2O2S. The van der Waals surface area contributed by atoms with Gasteiger partial charge in [0, 0.05) is 17.0 Å². The maximum atomic E-state index is 11.4. The van der Waals surface area contributed by atoms with E-state index >= 15 is 0 Å². The predicted octanol–water partition coefficient (Wildman–Crippen LogP) is 2.10. The molecule has 0 unspecified atom stereocenters. The molecule has 1 rings (SSSR count). The van der Waals surface area contributed by atoms with Crippen LogP contribution in [0.25, 0.3) is 0 Å². The average molecular weight is 224 g/mol. The van der Waals surface area contributed by atoms with E-state index < -0.39 is 0 Å². The molecular weight excluding hydrogens is 212 g/mol. The molecule has 0 spiro atoms. The molecule has 0 aliphatic carbocycles. The van der Waals surface area contributed by atoms with E-state index in [9.17, 15) is 4.79 Å². The average Bonchev–Trinajstić information content (AvgIpc) is 2.54. The number of nitriles is 1. The number of hydrogen-bond donors (Lipinski definition) is 1. The van der Waals surface area contributed by atoms with Gasteiger partial charge in [-0.15, -0.1) is 11.3 Å². The van der Waals surface area contributed by atoms with Gasteiger partial charge in [0.15, 0.2) is 0 Å². The number of carbonyl (C=O) groups excluding carboxylic acids is 1. The fourth-order valence-corrected chi connectivity index (χ4v) is 1.82. The summed E-state index contributed by atoms with van der Waals surface area (Å²) in [4.78, 5) is 12.9. The summed E-state index contributed by atoms with van der Waals surface area (Å²) in [6.45, 7) is 2.13. The molecule has 1 aromatic heterocycles. The standard InChI is InChI=1S/C10H12N2O2S/c1-7-8(12)6-9(15-7)10(13)14-5-3-2-4-11/h6H,2-3,5,12H2,1H3. The fourth-order valence-electron chi connectivity index (χ4n) is 0.984. The lowest BCUT2D eigenvalue weighted by molar-refractivity contribution is 0.0507. The Balaban J connectivity index is 2.44. The lowest BCUT2D eigenvalue weighted by Gasteiger charge is -1.99. The lowest BCUT2D eigenvalue weighted by atomic mass is 10.3. The van der Waals surface area contributed by atoms with E-state index in [4.69, 9.17) is 15.7 Å². The van der Waals surface area contributed by atoms with Crippen molar-refractivity contribution in [3.63, 3.8) is 0 Å². The Morgan fingerprint density at radius 2 is 2.47 bits per heavy atom. The zero-order chi connectivity index (χ0) is 11.3. The number of nitrogens with zero attached hydrogens (tertiary/aromatic N) is 1. The first kappa shape index (κ1) is 11.5. The summed E-state index contributed by atoms with van der Waals surface area (Å²) in [6.07, 6.45) is 0.973. The highest BCUT2D eigenvalue weighted by atomic mass is 32.1. The van der Waals surface area contributed by atoms with Gasteiger partial charge in [-0.1, -0.05) is 0 Å². The van der Waals surface area contributed by atoms with Gasteiger partial charge in [0.2, 0.25) is 0 Å². The van der Waals surface area contributed by atoms with Crippen molar-refractivity contribution >= 4 is 23.0 Å². The SMILES string of the molecule is Cc1sc(C(=O)OCCCC#N)cc1N. The maximum Gasteiger partial charge on any atom is 0.348 e. The van der Waals surface area contributed by atoms with Gasteiger partial charge >= 0.3 is 5.97 Å². The summed E-state index contributed by atoms with van der Waals surface area (Å²) < 4.78 is 4.96. The van der Waals surface area contributed by atoms with Crippen molar-refractivity contribution in [2.45, 2.75) is 19.8 Å². The Labute approximate surface area is 92.3 Å². The normalized spacial score (nSPS) is 9.60. The van der Waals surface area contributed by atoms with Crippen molar-refractivity contribution < 1.29 is 9.53 Å². The zero-order valence-corrected chi connectivity index (χ0v) is 9.26. The zero-order valence-electron chi connectivity index (χ0n) is 8.45. The first-order valence-electron chi connectivity index (χ1n) is 4.55. The maximum absolute atomic E-state index is 11.4. The third kappa shape index (κ3) is 3.26. The van der Waals surface area contributed by atoms with E-state index in [1.54, 1.807) is 6.07 Å². The number of hydrogen-bond acceptors (Lipinski definition) is 5. The molecule has 2 N–H and O–H groups in total. The smallest absolute Gasteiger partial charge is 0.348 e. The predicted molar refractivity (Wildman–Crippen MR) is 58.6 cm³/mol. The van der Waals surface area contributed by atoms with E-state index in [0.29, 0.717) is 23.4 Å². The van der Waals surface area contributed by atoms with E-state index in [-0.39, 0.29) is 12.6 Å². The molecule has 4 nitrogen and oxygen atoms in total. The molecule has 0 amide bonds. The lowest BCUT2D eigenvalue weighted by Crippen LogP contribution is -2.04. The summed E-state index contributed by atoms with van der Waals surface area (Å²) in [5.41, 5.74) is 6.23. The molecule has 1 aromatic rings. The quantitative estimate of drug-likeness (QED) is 0.627. The molecule has 0 saturated heterocycles. The molecule has 15 heavy (non-hydrogen) atoms. The number of anilines is 1. The number of nitrogen functional groups attached to an aromatic ring is 1. The van der Waals surface area contributed by atoms with Crippen molar-refractivity contribution in [3.05, 3.63) is 15.8 Å². The van der Waals surface area contributed by atoms with Crippen molar-refractivity contribution in [2.75, 3.05) is 12.3 Å². The van der Waals surface area contributed by atoms with Gasteiger partial charge in [0.1, 0.15) is 4.88 Å². The van der Waals surface area contributed by atoms with Crippen molar-refractivity contribution in [1.82, 2.24) is 0 Å². The molecule has 0 radical (unpaired) electrons. The Hall–Kier alpha value is -1.54. The molecule has 0 aliphatic rings. The first-order chi connectivity index (χ1) is 7.15. The summed E-state index contributed by atoms with van der Waals surface area (Å²) >= 11 is 1.32. The number of nitrogens with two attached hydrogens (primary N) is 1. The largest absolute Gasteiger partial charge is 0.461 e. The van der Waals surface area contributed by atoms with Crippen molar-refractivity contribution in [3.8, 4) is 6.07 Å². The Morgan fingerprint density at radius 3 is 3.00 bits per heavy atom. The highest BCUT2D eigenvalue weighted by molar-refractivity contribution is 7.14. The van der Waals surface area contributed by atoms with Gasteiger partial charge in [-0.2, -0.15) is 5.26 Å². The third-order valence-corrected chi connectivity index (χ3v) is 2.87. The van der Waals surface area contributed by atoms with Crippen LogP contribution in [-0.2, 0) is 4.74 Å². The van der Waals surface area contributed by atoms with Crippen LogP contribution in [0.4, 0.5) is 5.69 Å². The van der Waals surface area contributed by atoms with Gasteiger partial charge in [-0.05, 0) is 19.4 Å². The Morgan fingerprint density at radius 1 is 1.73 bits per heavy atom. The van der Waals surface area contributed by atoms with E-state index in [2.05, 4.69) is 0 Å². The molecule has 1 heterocycles. The Kier molecular flexibility index (Phi) is 4.13. The van der Waals surface area contributed by atoms with Gasteiger partial charge < -0.3 is 10.5 Å². The van der Waals surface area contributed by atoms with Gasteiger partial charge in [0.05, 0.1) is 12.7 Å². The number of thiophene rings is 1. The highest BCUT2D eigenvalue weighted by Crippen LogP contribution is 2.23. The summed E-state index contributed by atoms with van der Waals surface area (Å²) in [7, 11) is 0. The molecule has 0 bridgehead atoms. The number of unbranched alkanes of at least 4 members (excludes halogenated alkanes) is 1. The number of esters is 1. The first-order valence-corrected chi connectivity index (χ1v) is 5.36. The summed E-state index contributed by atoms with van der Waals surface area (Å²) in [6, 6.07) is 3.60. The van der Waals surface area contributed by atoms with Crippen LogP contribution in [0.2, 0.25) is 0 Å². The van der Waals surface area contributed by atoms with Crippen LogP contribution in [0.1, 0.15) is 27.4 Å². The minimum absolute atomic E-state index is 0.281. The topological polar surface area (TPSA) is 76.1 Å². The van der Waals surface area contributed by atoms with Gasteiger partial charge in [-0.25, -0.2) is 4.79 Å². The van der Waals surface area contributed by atoms with Crippen LogP contribution in [0.15, 0.2) is 6.07 Å². The monoisotopic (exact) mass is 224 g/mol. The molecule has 80 valence electrons. The van der Waals surface area contributed by atoms with Crippen LogP contribution in [-0.4, -0.2) is 12.6 Å². The molecule has 0 aromatic carbocycles. The van der Waals surface area contributed by atoms with Gasteiger partial charge in [0.25, 0.3) is 0 Å². The second-order valence-electron chi connectivity index (χ2n) is 3.02. The molecule has 0 saturated carbocycles. The highest BCUT2D eigenvalue weighted by Gasteiger charge is 2.11. The number of carbonyl (C=O) groups is 1. The molecule has 0 aliphatic heterocycles. The second kappa shape index (κ2) is 5.37. The number of ether oxygens (including phenoxy) is 1. The number of rotatable bonds is 4. The Bertz CT molecular complexity index is 373. The van der Waals surface area contributed by atoms with E-state index in [0.717, 1.165) is 4.88 Å². The minimum atomic E-state index is -0.363. The fraction of sp³-hybridized carbons (Fsp3) is 0.400. The summed E-state index contributed by atoms with van der Waals surface area (Å²) in [5.74, 6) is -0.363. The molecule has 5 heteroatoms. The van der Waals surface area contributed by atoms with E-state index in [1.165, 1.54) is 11.3 Å². The van der Waals surface area contributed by atoms with Crippen molar-refractivity contribution in [1.29, 1.82) is 5.26 Å². The second-order valence-corrected chi connectivity index (χ2v) is 4.28. The van der Waals surface area contributed by atoms with Crippen LogP contribution in [0, 0.1) is 18.3 Å². The van der Waals surface area contributed by atoms with Crippen LogP contribution >= 0.6 is 11.3 Å². The molecule has 0 fully saturated rings.